The van der Waals surface area contributed by atoms with Gasteiger partial charge >= 0.3 is 0 Å². The van der Waals surface area contributed by atoms with E-state index in [0.717, 1.165) is 67.7 Å². The SMILES string of the molecule is CCCCn1nc(CC(C)C)c2c(N(C)[C@H]3C[C@H]4CC(=O)NC[C@H]4C3)ncnc21. The average Bonchev–Trinajstić information content (AvgIpc) is 3.26. The number of fused-ring (bicyclic) bond motifs is 2. The number of amides is 1. The number of carbonyl (C=O) groups excluding carboxylic acids is 1. The number of anilines is 1. The Morgan fingerprint density at radius 3 is 2.83 bits per heavy atom. The van der Waals surface area contributed by atoms with Crippen LogP contribution < -0.4 is 10.2 Å². The van der Waals surface area contributed by atoms with E-state index in [2.05, 4.69) is 47.7 Å². The van der Waals surface area contributed by atoms with Crippen molar-refractivity contribution < 1.29 is 4.79 Å². The Hall–Kier alpha value is -2.18. The van der Waals surface area contributed by atoms with E-state index in [1.807, 2.05) is 0 Å². The van der Waals surface area contributed by atoms with E-state index in [-0.39, 0.29) is 5.91 Å². The fourth-order valence-corrected chi connectivity index (χ4v) is 5.05. The predicted octanol–water partition coefficient (Wildman–Crippen LogP) is 3.18. The minimum atomic E-state index is 0.204. The van der Waals surface area contributed by atoms with Gasteiger partial charge in [0.25, 0.3) is 0 Å². The second kappa shape index (κ2) is 8.28. The number of unbranched alkanes of at least 4 members (excludes halogenated alkanes) is 1. The molecule has 2 fully saturated rings. The molecule has 0 bridgehead atoms. The van der Waals surface area contributed by atoms with Crippen molar-refractivity contribution in [2.45, 2.75) is 71.9 Å². The molecule has 2 aromatic rings. The summed E-state index contributed by atoms with van der Waals surface area (Å²) in [6.07, 6.45) is 7.68. The lowest BCUT2D eigenvalue weighted by Gasteiger charge is -2.26. The van der Waals surface area contributed by atoms with Gasteiger partial charge < -0.3 is 10.2 Å². The fourth-order valence-electron chi connectivity index (χ4n) is 5.05. The summed E-state index contributed by atoms with van der Waals surface area (Å²) in [7, 11) is 2.15. The molecule has 1 saturated heterocycles. The predicted molar refractivity (Wildman–Crippen MR) is 115 cm³/mol. The summed E-state index contributed by atoms with van der Waals surface area (Å²) in [5.41, 5.74) is 2.07. The van der Waals surface area contributed by atoms with Crippen molar-refractivity contribution in [3.8, 4) is 0 Å². The molecule has 0 radical (unpaired) electrons. The molecule has 2 aromatic heterocycles. The third-order valence-electron chi connectivity index (χ3n) is 6.61. The normalized spacial score (nSPS) is 24.2. The molecular weight excluding hydrogens is 364 g/mol. The number of piperidine rings is 1. The van der Waals surface area contributed by atoms with Crippen LogP contribution in [0.5, 0.6) is 0 Å². The molecule has 0 spiro atoms. The highest BCUT2D eigenvalue weighted by Crippen LogP contribution is 2.40. The van der Waals surface area contributed by atoms with Gasteiger partial charge in [0.05, 0.1) is 11.1 Å². The maximum atomic E-state index is 11.8. The number of carbonyl (C=O) groups is 1. The van der Waals surface area contributed by atoms with E-state index in [1.165, 1.54) is 0 Å². The van der Waals surface area contributed by atoms with Crippen LogP contribution in [0.3, 0.4) is 0 Å². The summed E-state index contributed by atoms with van der Waals surface area (Å²) in [6, 6.07) is 0.404. The highest BCUT2D eigenvalue weighted by atomic mass is 16.1. The van der Waals surface area contributed by atoms with Crippen molar-refractivity contribution in [1.29, 1.82) is 0 Å². The van der Waals surface area contributed by atoms with Crippen LogP contribution in [0.2, 0.25) is 0 Å². The van der Waals surface area contributed by atoms with Crippen LogP contribution in [0.15, 0.2) is 6.33 Å². The lowest BCUT2D eigenvalue weighted by atomic mass is 9.89. The number of rotatable bonds is 7. The first-order valence-corrected chi connectivity index (χ1v) is 11.2. The van der Waals surface area contributed by atoms with Gasteiger partial charge in [0.15, 0.2) is 5.65 Å². The summed E-state index contributed by atoms with van der Waals surface area (Å²) in [5, 5.41) is 9.11. The van der Waals surface area contributed by atoms with Gasteiger partial charge in [0.2, 0.25) is 5.91 Å². The quantitative estimate of drug-likeness (QED) is 0.775. The Morgan fingerprint density at radius 2 is 2.07 bits per heavy atom. The number of aromatic nitrogens is 4. The Kier molecular flexibility index (Phi) is 5.74. The number of nitrogens with zero attached hydrogens (tertiary/aromatic N) is 5. The van der Waals surface area contributed by atoms with Crippen LogP contribution in [0.25, 0.3) is 11.0 Å². The number of hydrogen-bond acceptors (Lipinski definition) is 5. The summed E-state index contributed by atoms with van der Waals surface area (Å²) >= 11 is 0. The fraction of sp³-hybridized carbons (Fsp3) is 0.727. The van der Waals surface area contributed by atoms with Gasteiger partial charge in [0.1, 0.15) is 12.1 Å². The number of hydrogen-bond donors (Lipinski definition) is 1. The monoisotopic (exact) mass is 398 g/mol. The molecule has 2 aliphatic rings. The van der Waals surface area contributed by atoms with Crippen molar-refractivity contribution in [2.75, 3.05) is 18.5 Å². The van der Waals surface area contributed by atoms with E-state index >= 15 is 0 Å². The molecule has 0 unspecified atom stereocenters. The van der Waals surface area contributed by atoms with Gasteiger partial charge in [-0.1, -0.05) is 27.2 Å². The first kappa shape index (κ1) is 20.1. The van der Waals surface area contributed by atoms with Gasteiger partial charge in [-0.05, 0) is 43.4 Å². The molecule has 3 heterocycles. The maximum absolute atomic E-state index is 11.8. The number of nitrogens with one attached hydrogen (secondary N) is 1. The largest absolute Gasteiger partial charge is 0.356 e. The van der Waals surface area contributed by atoms with Gasteiger partial charge in [-0.3, -0.25) is 4.79 Å². The minimum Gasteiger partial charge on any atom is -0.356 e. The third-order valence-corrected chi connectivity index (χ3v) is 6.61. The van der Waals surface area contributed by atoms with Crippen LogP contribution in [-0.2, 0) is 17.8 Å². The molecule has 1 saturated carbocycles. The summed E-state index contributed by atoms with van der Waals surface area (Å²) in [6.45, 7) is 8.38. The zero-order chi connectivity index (χ0) is 20.5. The standard InChI is InChI=1S/C22H34N6O/c1-5-6-7-28-22-20(18(26-28)8-14(2)3)21(24-13-25-22)27(4)17-9-15-11-19(29)23-12-16(15)10-17/h13-17H,5-12H2,1-4H3,(H,23,29)/t15-,16+,17-/m0/s1. The highest BCUT2D eigenvalue weighted by Gasteiger charge is 2.40. The highest BCUT2D eigenvalue weighted by molar-refractivity contribution is 5.90. The maximum Gasteiger partial charge on any atom is 0.220 e. The molecule has 4 rings (SSSR count). The molecule has 1 aliphatic carbocycles. The molecular formula is C22H34N6O. The van der Waals surface area contributed by atoms with Crippen molar-refractivity contribution in [2.24, 2.45) is 17.8 Å². The molecule has 29 heavy (non-hydrogen) atoms. The van der Waals surface area contributed by atoms with E-state index in [4.69, 9.17) is 10.1 Å². The third kappa shape index (κ3) is 3.96. The molecule has 0 aromatic carbocycles. The zero-order valence-corrected chi connectivity index (χ0v) is 18.2. The van der Waals surface area contributed by atoms with Crippen LogP contribution in [0.4, 0.5) is 5.82 Å². The first-order valence-electron chi connectivity index (χ1n) is 11.2. The minimum absolute atomic E-state index is 0.204. The van der Waals surface area contributed by atoms with Crippen LogP contribution >= 0.6 is 0 Å². The van der Waals surface area contributed by atoms with E-state index in [0.29, 0.717) is 30.2 Å². The summed E-state index contributed by atoms with van der Waals surface area (Å²) in [5.74, 6) is 2.81. The van der Waals surface area contributed by atoms with Crippen LogP contribution in [0.1, 0.15) is 58.6 Å². The zero-order valence-electron chi connectivity index (χ0n) is 18.2. The van der Waals surface area contributed by atoms with Gasteiger partial charge in [0, 0.05) is 32.6 Å². The molecule has 158 valence electrons. The molecule has 7 heteroatoms. The van der Waals surface area contributed by atoms with Gasteiger partial charge in [-0.2, -0.15) is 5.10 Å². The Balaban J connectivity index is 1.67. The summed E-state index contributed by atoms with van der Waals surface area (Å²) in [4.78, 5) is 23.5. The van der Waals surface area contributed by atoms with Gasteiger partial charge in [-0.15, -0.1) is 0 Å². The first-order chi connectivity index (χ1) is 14.0. The summed E-state index contributed by atoms with van der Waals surface area (Å²) < 4.78 is 2.08. The second-order valence-corrected chi connectivity index (χ2v) is 9.28. The van der Waals surface area contributed by atoms with Crippen LogP contribution in [0, 0.1) is 17.8 Å². The lowest BCUT2D eigenvalue weighted by Crippen LogP contribution is -2.38. The Bertz CT molecular complexity index is 876. The number of aryl methyl sites for hydroxylation is 1. The molecule has 3 atom stereocenters. The molecule has 7 nitrogen and oxygen atoms in total. The lowest BCUT2D eigenvalue weighted by molar-refractivity contribution is -0.124. The molecule has 1 N–H and O–H groups in total. The topological polar surface area (TPSA) is 75.9 Å². The Labute approximate surface area is 173 Å². The molecule has 1 amide bonds. The van der Waals surface area contributed by atoms with Crippen molar-refractivity contribution in [3.63, 3.8) is 0 Å². The van der Waals surface area contributed by atoms with E-state index < -0.39 is 0 Å². The van der Waals surface area contributed by atoms with Gasteiger partial charge in [-0.25, -0.2) is 14.6 Å². The van der Waals surface area contributed by atoms with Crippen molar-refractivity contribution in [3.05, 3.63) is 12.0 Å². The van der Waals surface area contributed by atoms with E-state index in [9.17, 15) is 4.79 Å². The van der Waals surface area contributed by atoms with Crippen molar-refractivity contribution >= 4 is 22.8 Å². The van der Waals surface area contributed by atoms with Crippen molar-refractivity contribution in [1.82, 2.24) is 25.1 Å². The molecule has 1 aliphatic heterocycles. The second-order valence-electron chi connectivity index (χ2n) is 9.28. The van der Waals surface area contributed by atoms with E-state index in [1.54, 1.807) is 6.33 Å². The smallest absolute Gasteiger partial charge is 0.220 e. The average molecular weight is 399 g/mol. The van der Waals surface area contributed by atoms with Crippen LogP contribution in [-0.4, -0.2) is 45.3 Å². The Morgan fingerprint density at radius 1 is 1.28 bits per heavy atom.